The molecule has 0 bridgehead atoms. The Balaban J connectivity index is 1.42. The number of ether oxygens (including phenoxy) is 1. The van der Waals surface area contributed by atoms with Crippen molar-refractivity contribution < 1.29 is 9.53 Å². The maximum Gasteiger partial charge on any atom is 0.229 e. The minimum absolute atomic E-state index is 0.0753. The predicted octanol–water partition coefficient (Wildman–Crippen LogP) is 0.925. The van der Waals surface area contributed by atoms with E-state index < -0.39 is 0 Å². The Hall–Kier alpha value is -2.21. The van der Waals surface area contributed by atoms with Gasteiger partial charge in [-0.25, -0.2) is 4.98 Å². The molecule has 2 aliphatic heterocycles. The minimum atomic E-state index is 0.0753. The fraction of sp³-hybridized carbons (Fsp3) is 0.438. The fourth-order valence-corrected chi connectivity index (χ4v) is 2.96. The monoisotopic (exact) mass is 298 g/mol. The molecule has 6 nitrogen and oxygen atoms in total. The van der Waals surface area contributed by atoms with Crippen molar-refractivity contribution in [2.75, 3.05) is 44.3 Å². The molecule has 0 saturated carbocycles. The Morgan fingerprint density at radius 2 is 1.86 bits per heavy atom. The number of hydrogen-bond donors (Lipinski definition) is 0. The van der Waals surface area contributed by atoms with E-state index in [0.29, 0.717) is 26.3 Å². The zero-order valence-corrected chi connectivity index (χ0v) is 12.3. The predicted molar refractivity (Wildman–Crippen MR) is 82.6 cm³/mol. The molecule has 4 rings (SSSR count). The lowest BCUT2D eigenvalue weighted by molar-refractivity contribution is -0.140. The number of rotatable bonds is 2. The van der Waals surface area contributed by atoms with E-state index in [0.717, 1.165) is 29.9 Å². The molecule has 2 saturated heterocycles. The molecule has 3 heterocycles. The van der Waals surface area contributed by atoms with Crippen LogP contribution in [0, 0.1) is 5.92 Å². The van der Waals surface area contributed by atoms with Crippen molar-refractivity contribution in [3.63, 3.8) is 0 Å². The lowest BCUT2D eigenvalue weighted by Gasteiger charge is -2.41. The highest BCUT2D eigenvalue weighted by molar-refractivity contribution is 5.82. The number of amides is 1. The zero-order chi connectivity index (χ0) is 14.9. The number of carbonyl (C=O) groups excluding carboxylic acids is 1. The van der Waals surface area contributed by atoms with Crippen LogP contribution in [0.5, 0.6) is 0 Å². The van der Waals surface area contributed by atoms with Crippen LogP contribution in [-0.4, -0.2) is 60.2 Å². The Labute approximate surface area is 128 Å². The standard InChI is InChI=1S/C16H18N4O2/c21-16(19-5-7-22-8-6-19)12-10-20(11-12)15-9-17-13-3-1-2-4-14(13)18-15/h1-4,9,12H,5-8,10-11H2. The normalized spacial score (nSPS) is 19.3. The highest BCUT2D eigenvalue weighted by Crippen LogP contribution is 2.25. The first-order valence-electron chi connectivity index (χ1n) is 7.64. The molecular formula is C16H18N4O2. The Morgan fingerprint density at radius 1 is 1.14 bits per heavy atom. The van der Waals surface area contributed by atoms with Crippen molar-refractivity contribution in [1.82, 2.24) is 14.9 Å². The zero-order valence-electron chi connectivity index (χ0n) is 12.3. The summed E-state index contributed by atoms with van der Waals surface area (Å²) in [6, 6.07) is 7.83. The average molecular weight is 298 g/mol. The number of anilines is 1. The summed E-state index contributed by atoms with van der Waals surface area (Å²) in [4.78, 5) is 25.5. The molecule has 1 aromatic carbocycles. The average Bonchev–Trinajstić information content (AvgIpc) is 2.54. The number of aromatic nitrogens is 2. The number of benzene rings is 1. The second-order valence-corrected chi connectivity index (χ2v) is 5.76. The quantitative estimate of drug-likeness (QED) is 0.825. The van der Waals surface area contributed by atoms with Gasteiger partial charge in [0.25, 0.3) is 0 Å². The van der Waals surface area contributed by atoms with Crippen LogP contribution in [0.15, 0.2) is 30.5 Å². The van der Waals surface area contributed by atoms with Crippen LogP contribution in [0.1, 0.15) is 0 Å². The third kappa shape index (κ3) is 2.39. The van der Waals surface area contributed by atoms with Gasteiger partial charge in [0.15, 0.2) is 0 Å². The van der Waals surface area contributed by atoms with Gasteiger partial charge in [0.1, 0.15) is 5.82 Å². The Kier molecular flexibility index (Phi) is 3.38. The van der Waals surface area contributed by atoms with Crippen LogP contribution in [0.4, 0.5) is 5.82 Å². The van der Waals surface area contributed by atoms with Crippen LogP contribution < -0.4 is 4.90 Å². The van der Waals surface area contributed by atoms with E-state index in [1.165, 1.54) is 0 Å². The number of nitrogens with zero attached hydrogens (tertiary/aromatic N) is 4. The van der Waals surface area contributed by atoms with E-state index in [9.17, 15) is 4.79 Å². The van der Waals surface area contributed by atoms with Crippen LogP contribution in [0.2, 0.25) is 0 Å². The topological polar surface area (TPSA) is 58.6 Å². The van der Waals surface area contributed by atoms with Gasteiger partial charge in [-0.3, -0.25) is 9.78 Å². The van der Waals surface area contributed by atoms with Crippen molar-refractivity contribution >= 4 is 22.8 Å². The summed E-state index contributed by atoms with van der Waals surface area (Å²) < 4.78 is 5.29. The second-order valence-electron chi connectivity index (χ2n) is 5.76. The molecular weight excluding hydrogens is 280 g/mol. The van der Waals surface area contributed by atoms with Gasteiger partial charge in [0, 0.05) is 26.2 Å². The summed E-state index contributed by atoms with van der Waals surface area (Å²) in [6.07, 6.45) is 1.79. The van der Waals surface area contributed by atoms with Crippen molar-refractivity contribution in [3.05, 3.63) is 30.5 Å². The summed E-state index contributed by atoms with van der Waals surface area (Å²) in [5.74, 6) is 1.17. The molecule has 22 heavy (non-hydrogen) atoms. The molecule has 114 valence electrons. The summed E-state index contributed by atoms with van der Waals surface area (Å²) in [7, 11) is 0. The van der Waals surface area contributed by atoms with Gasteiger partial charge < -0.3 is 14.5 Å². The molecule has 2 aliphatic rings. The minimum Gasteiger partial charge on any atom is -0.378 e. The van der Waals surface area contributed by atoms with Crippen LogP contribution in [0.3, 0.4) is 0 Å². The lowest BCUT2D eigenvalue weighted by atomic mass is 9.98. The first-order chi connectivity index (χ1) is 10.8. The van der Waals surface area contributed by atoms with Gasteiger partial charge >= 0.3 is 0 Å². The van der Waals surface area contributed by atoms with Gasteiger partial charge in [-0.15, -0.1) is 0 Å². The smallest absolute Gasteiger partial charge is 0.229 e. The fourth-order valence-electron chi connectivity index (χ4n) is 2.96. The van der Waals surface area contributed by atoms with Gasteiger partial charge in [0.05, 0.1) is 36.4 Å². The van der Waals surface area contributed by atoms with Crippen LogP contribution in [0.25, 0.3) is 11.0 Å². The molecule has 6 heteroatoms. The van der Waals surface area contributed by atoms with E-state index in [1.54, 1.807) is 6.20 Å². The summed E-state index contributed by atoms with van der Waals surface area (Å²) in [5, 5.41) is 0. The van der Waals surface area contributed by atoms with E-state index in [-0.39, 0.29) is 11.8 Å². The molecule has 0 N–H and O–H groups in total. The number of morpholine rings is 1. The van der Waals surface area contributed by atoms with Crippen molar-refractivity contribution in [3.8, 4) is 0 Å². The summed E-state index contributed by atoms with van der Waals surface area (Å²) in [5.41, 5.74) is 1.79. The highest BCUT2D eigenvalue weighted by atomic mass is 16.5. The maximum atomic E-state index is 12.4. The van der Waals surface area contributed by atoms with E-state index >= 15 is 0 Å². The summed E-state index contributed by atoms with van der Waals surface area (Å²) >= 11 is 0. The van der Waals surface area contributed by atoms with Crippen molar-refractivity contribution in [2.45, 2.75) is 0 Å². The third-order valence-electron chi connectivity index (χ3n) is 4.31. The van der Waals surface area contributed by atoms with Gasteiger partial charge in [-0.1, -0.05) is 12.1 Å². The van der Waals surface area contributed by atoms with E-state index in [2.05, 4.69) is 14.9 Å². The largest absolute Gasteiger partial charge is 0.378 e. The lowest BCUT2D eigenvalue weighted by Crippen LogP contribution is -2.56. The molecule has 1 amide bonds. The number of para-hydroxylation sites is 2. The van der Waals surface area contributed by atoms with Crippen LogP contribution >= 0.6 is 0 Å². The molecule has 1 aromatic heterocycles. The second kappa shape index (κ2) is 5.53. The maximum absolute atomic E-state index is 12.4. The first-order valence-corrected chi connectivity index (χ1v) is 7.64. The molecule has 0 unspecified atom stereocenters. The van der Waals surface area contributed by atoms with E-state index in [4.69, 9.17) is 4.74 Å². The van der Waals surface area contributed by atoms with E-state index in [1.807, 2.05) is 29.2 Å². The Bertz CT molecular complexity index is 693. The molecule has 0 spiro atoms. The third-order valence-corrected chi connectivity index (χ3v) is 4.31. The molecule has 0 aliphatic carbocycles. The number of fused-ring (bicyclic) bond motifs is 1. The molecule has 0 atom stereocenters. The van der Waals surface area contributed by atoms with Gasteiger partial charge in [-0.2, -0.15) is 0 Å². The summed E-state index contributed by atoms with van der Waals surface area (Å²) in [6.45, 7) is 4.18. The van der Waals surface area contributed by atoms with Crippen LogP contribution in [-0.2, 0) is 9.53 Å². The van der Waals surface area contributed by atoms with Crippen molar-refractivity contribution in [2.24, 2.45) is 5.92 Å². The highest BCUT2D eigenvalue weighted by Gasteiger charge is 2.36. The first kappa shape index (κ1) is 13.5. The number of carbonyl (C=O) groups is 1. The molecule has 2 aromatic rings. The number of hydrogen-bond acceptors (Lipinski definition) is 5. The van der Waals surface area contributed by atoms with Crippen molar-refractivity contribution in [1.29, 1.82) is 0 Å². The van der Waals surface area contributed by atoms with Gasteiger partial charge in [0.2, 0.25) is 5.91 Å². The molecule has 0 radical (unpaired) electrons. The van der Waals surface area contributed by atoms with Gasteiger partial charge in [-0.05, 0) is 12.1 Å². The Morgan fingerprint density at radius 3 is 2.64 bits per heavy atom. The molecule has 2 fully saturated rings. The SMILES string of the molecule is O=C(C1CN(c2cnc3ccccc3n2)C1)N1CCOCC1.